The van der Waals surface area contributed by atoms with Crippen LogP contribution in [0.2, 0.25) is 0 Å². The average molecular weight is 788 g/mol. The van der Waals surface area contributed by atoms with Crippen LogP contribution in [-0.2, 0) is 5.41 Å². The summed E-state index contributed by atoms with van der Waals surface area (Å²) < 4.78 is 19.8. The molecule has 0 radical (unpaired) electrons. The van der Waals surface area contributed by atoms with E-state index in [0.29, 0.717) is 22.3 Å². The van der Waals surface area contributed by atoms with Gasteiger partial charge in [-0.2, -0.15) is 5.26 Å². The van der Waals surface area contributed by atoms with E-state index >= 15 is 0 Å². The Labute approximate surface area is 350 Å². The quantitative estimate of drug-likeness (QED) is 0.187. The number of nitriles is 1. The van der Waals surface area contributed by atoms with Crippen LogP contribution in [0.3, 0.4) is 0 Å². The number of fused-ring (bicyclic) bond motifs is 12. The number of nitrogens with one attached hydrogen (secondary N) is 1. The van der Waals surface area contributed by atoms with E-state index in [1.807, 2.05) is 42.5 Å². The molecule has 0 saturated carbocycles. The van der Waals surface area contributed by atoms with Gasteiger partial charge in [-0.25, -0.2) is 0 Å². The van der Waals surface area contributed by atoms with Gasteiger partial charge in [0.15, 0.2) is 5.58 Å². The molecule has 0 atom stereocenters. The fourth-order valence-corrected chi connectivity index (χ4v) is 9.17. The van der Waals surface area contributed by atoms with Gasteiger partial charge in [-0.05, 0) is 124 Å². The normalized spacial score (nSPS) is 12.2. The third-order valence-corrected chi connectivity index (χ3v) is 12.1. The molecule has 0 unspecified atom stereocenters. The minimum absolute atomic E-state index is 0.0558. The van der Waals surface area contributed by atoms with Gasteiger partial charge in [-0.3, -0.25) is 0 Å². The highest BCUT2D eigenvalue weighted by Gasteiger charge is 2.24. The van der Waals surface area contributed by atoms with Crippen molar-refractivity contribution in [3.63, 3.8) is 0 Å². The van der Waals surface area contributed by atoms with Crippen LogP contribution in [0.25, 0.3) is 87.4 Å². The van der Waals surface area contributed by atoms with E-state index < -0.39 is 0 Å². The first-order valence-electron chi connectivity index (χ1n) is 20.5. The average Bonchev–Trinajstić information content (AvgIpc) is 3.95. The minimum Gasteiger partial charge on any atom is -0.456 e. The highest BCUT2D eigenvalue weighted by atomic mass is 16.3. The summed E-state index contributed by atoms with van der Waals surface area (Å²) in [5, 5.41) is 23.9. The molecule has 61 heavy (non-hydrogen) atoms. The van der Waals surface area contributed by atoms with Gasteiger partial charge < -0.3 is 23.5 Å². The van der Waals surface area contributed by atoms with E-state index in [-0.39, 0.29) is 5.41 Å². The molecule has 12 rings (SSSR count). The zero-order chi connectivity index (χ0) is 41.0. The predicted molar refractivity (Wildman–Crippen MR) is 251 cm³/mol. The Balaban J connectivity index is 1.00. The summed E-state index contributed by atoms with van der Waals surface area (Å²) in [4.78, 5) is 2.29. The lowest BCUT2D eigenvalue weighted by atomic mass is 9.86. The molecule has 290 valence electrons. The van der Waals surface area contributed by atoms with Crippen LogP contribution in [0.1, 0.15) is 31.9 Å². The highest BCUT2D eigenvalue weighted by molar-refractivity contribution is 6.25. The molecule has 0 bridgehead atoms. The molecule has 3 aromatic heterocycles. The van der Waals surface area contributed by atoms with Gasteiger partial charge in [0.05, 0.1) is 10.9 Å². The highest BCUT2D eigenvalue weighted by Crippen LogP contribution is 2.45. The predicted octanol–water partition coefficient (Wildman–Crippen LogP) is 16.1. The first-order chi connectivity index (χ1) is 29.8. The van der Waals surface area contributed by atoms with Gasteiger partial charge in [0.1, 0.15) is 34.0 Å². The van der Waals surface area contributed by atoms with Crippen molar-refractivity contribution in [2.45, 2.75) is 26.2 Å². The summed E-state index contributed by atoms with van der Waals surface area (Å²) in [7, 11) is 0. The maximum Gasteiger partial charge on any atom is 0.156 e. The summed E-state index contributed by atoms with van der Waals surface area (Å²) in [6, 6.07) is 59.2. The molecule has 0 amide bonds. The molecular weight excluding hydrogens is 751 g/mol. The summed E-state index contributed by atoms with van der Waals surface area (Å²) in [5.74, 6) is 0. The topological polar surface area (TPSA) is 78.5 Å². The molecule has 1 N–H and O–H groups in total. The lowest BCUT2D eigenvalue weighted by Gasteiger charge is -2.26. The van der Waals surface area contributed by atoms with E-state index in [0.717, 1.165) is 99.0 Å². The Morgan fingerprint density at radius 2 is 1.11 bits per heavy atom. The first kappa shape index (κ1) is 35.0. The third kappa shape index (κ3) is 5.55. The lowest BCUT2D eigenvalue weighted by molar-refractivity contribution is 0.573. The largest absolute Gasteiger partial charge is 0.456 e. The van der Waals surface area contributed by atoms with Crippen LogP contribution in [0.15, 0.2) is 177 Å². The minimum atomic E-state index is -0.0558. The zero-order valence-electron chi connectivity index (χ0n) is 33.7. The molecule has 0 fully saturated rings. The van der Waals surface area contributed by atoms with Gasteiger partial charge in [-0.1, -0.05) is 87.5 Å². The zero-order valence-corrected chi connectivity index (χ0v) is 33.7. The van der Waals surface area contributed by atoms with Gasteiger partial charge >= 0.3 is 0 Å². The fourth-order valence-electron chi connectivity index (χ4n) is 9.17. The van der Waals surface area contributed by atoms with Crippen LogP contribution >= 0.6 is 0 Å². The van der Waals surface area contributed by atoms with Crippen LogP contribution in [0, 0.1) is 11.3 Å². The maximum absolute atomic E-state index is 10.4. The molecule has 12 aromatic rings. The Kier molecular flexibility index (Phi) is 7.45. The number of anilines is 5. The molecule has 0 aliphatic rings. The molecule has 0 aliphatic carbocycles. The number of rotatable bonds is 5. The second-order valence-corrected chi connectivity index (χ2v) is 17.0. The summed E-state index contributed by atoms with van der Waals surface area (Å²) in [6.07, 6.45) is 0. The van der Waals surface area contributed by atoms with Crippen molar-refractivity contribution in [2.75, 3.05) is 10.2 Å². The van der Waals surface area contributed by atoms with Crippen molar-refractivity contribution in [1.82, 2.24) is 0 Å². The molecule has 3 heterocycles. The SMILES string of the molecule is CC(C)(C)c1cccc2c1oc1ccc(N(c3ccccc3)c3ccc4cc5c(cc4c3)oc3c5cc(C#N)c4oc5cc6cc(Nc7ccccc7)ccc6cc5c43)cc12. The molecule has 6 nitrogen and oxygen atoms in total. The van der Waals surface area contributed by atoms with E-state index in [2.05, 4.69) is 158 Å². The van der Waals surface area contributed by atoms with Crippen LogP contribution in [0.5, 0.6) is 0 Å². The fraction of sp³-hybridized carbons (Fsp3) is 0.0727. The lowest BCUT2D eigenvalue weighted by Crippen LogP contribution is -2.10. The molecule has 0 spiro atoms. The molecular formula is C55H37N3O3. The van der Waals surface area contributed by atoms with Crippen LogP contribution in [0.4, 0.5) is 28.4 Å². The molecule has 9 aromatic carbocycles. The summed E-state index contributed by atoms with van der Waals surface area (Å²) in [5.41, 5.74) is 11.2. The monoisotopic (exact) mass is 787 g/mol. The Hall–Kier alpha value is -8.01. The Morgan fingerprint density at radius 3 is 1.90 bits per heavy atom. The Morgan fingerprint density at radius 1 is 0.459 bits per heavy atom. The van der Waals surface area contributed by atoms with Crippen molar-refractivity contribution >= 4 is 116 Å². The number of benzene rings is 9. The van der Waals surface area contributed by atoms with Gasteiger partial charge in [0.25, 0.3) is 0 Å². The van der Waals surface area contributed by atoms with Crippen molar-refractivity contribution in [3.8, 4) is 6.07 Å². The number of hydrogen-bond donors (Lipinski definition) is 1. The van der Waals surface area contributed by atoms with Crippen LogP contribution in [-0.4, -0.2) is 0 Å². The summed E-state index contributed by atoms with van der Waals surface area (Å²) >= 11 is 0. The van der Waals surface area contributed by atoms with E-state index in [4.69, 9.17) is 13.3 Å². The summed E-state index contributed by atoms with van der Waals surface area (Å²) in [6.45, 7) is 6.67. The van der Waals surface area contributed by atoms with Crippen molar-refractivity contribution < 1.29 is 13.3 Å². The third-order valence-electron chi connectivity index (χ3n) is 12.1. The van der Waals surface area contributed by atoms with Crippen LogP contribution < -0.4 is 10.2 Å². The number of hydrogen-bond acceptors (Lipinski definition) is 6. The van der Waals surface area contributed by atoms with Crippen molar-refractivity contribution in [2.24, 2.45) is 0 Å². The van der Waals surface area contributed by atoms with E-state index in [1.165, 1.54) is 5.56 Å². The molecule has 0 saturated heterocycles. The van der Waals surface area contributed by atoms with Gasteiger partial charge in [-0.15, -0.1) is 0 Å². The smallest absolute Gasteiger partial charge is 0.156 e. The van der Waals surface area contributed by atoms with E-state index in [9.17, 15) is 5.26 Å². The number of nitrogens with zero attached hydrogens (tertiary/aromatic N) is 2. The number of furan rings is 3. The van der Waals surface area contributed by atoms with Gasteiger partial charge in [0, 0.05) is 60.9 Å². The first-order valence-corrected chi connectivity index (χ1v) is 20.5. The van der Waals surface area contributed by atoms with Crippen molar-refractivity contribution in [1.29, 1.82) is 5.26 Å². The maximum atomic E-state index is 10.4. The van der Waals surface area contributed by atoms with Gasteiger partial charge in [0.2, 0.25) is 0 Å². The standard InChI is InChI=1S/C55H37N3O3/c1-55(2,3)47-16-10-15-42-44-30-41(21-22-48(44)59-53(42)47)58(39-13-8-5-9-14-39)40-20-18-33-25-43-45-27-36(31-56)52-51(54(45)61-49(43)29-35(33)24-40)46-26-32-17-19-38(23-34(32)28-50(46)60-52)57-37-11-6-4-7-12-37/h4-30,57H,1-3H3. The second kappa shape index (κ2) is 13.0. The Bertz CT molecular complexity index is 3790. The van der Waals surface area contributed by atoms with E-state index in [1.54, 1.807) is 0 Å². The van der Waals surface area contributed by atoms with Crippen molar-refractivity contribution in [3.05, 3.63) is 175 Å². The second-order valence-electron chi connectivity index (χ2n) is 17.0. The number of para-hydroxylation sites is 3. The molecule has 6 heteroatoms. The molecule has 0 aliphatic heterocycles.